The standard InChI is InChI=1S/C21H19N5O3/c1-2-28-18-11-7-6-10-17(18)25-19(27)13-29-21-16-12-24-26(20(16)22-14-23-21)15-8-4-3-5-9-15/h3-12,14H,2,13H2,1H3,(H,25,27). The molecule has 0 atom stereocenters. The van der Waals surface area contributed by atoms with Crippen LogP contribution in [-0.4, -0.2) is 38.9 Å². The summed E-state index contributed by atoms with van der Waals surface area (Å²) in [6, 6.07) is 16.9. The molecule has 29 heavy (non-hydrogen) atoms. The molecule has 2 aromatic carbocycles. The van der Waals surface area contributed by atoms with Crippen LogP contribution in [0.3, 0.4) is 0 Å². The van der Waals surface area contributed by atoms with Crippen LogP contribution in [0.4, 0.5) is 5.69 Å². The summed E-state index contributed by atoms with van der Waals surface area (Å²) >= 11 is 0. The lowest BCUT2D eigenvalue weighted by Crippen LogP contribution is -2.21. The smallest absolute Gasteiger partial charge is 0.262 e. The van der Waals surface area contributed by atoms with Gasteiger partial charge in [0, 0.05) is 0 Å². The van der Waals surface area contributed by atoms with Crippen molar-refractivity contribution in [2.45, 2.75) is 6.92 Å². The molecule has 0 radical (unpaired) electrons. The molecule has 0 fully saturated rings. The van der Waals surface area contributed by atoms with Crippen molar-refractivity contribution in [3.63, 3.8) is 0 Å². The van der Waals surface area contributed by atoms with E-state index in [-0.39, 0.29) is 12.5 Å². The Morgan fingerprint density at radius 2 is 1.83 bits per heavy atom. The average Bonchev–Trinajstić information content (AvgIpc) is 3.19. The molecule has 0 saturated carbocycles. The molecule has 1 N–H and O–H groups in total. The fourth-order valence-corrected chi connectivity index (χ4v) is 2.87. The Labute approximate surface area is 167 Å². The number of para-hydroxylation sites is 3. The zero-order valence-electron chi connectivity index (χ0n) is 15.8. The Hall–Kier alpha value is -3.94. The molecule has 146 valence electrons. The van der Waals surface area contributed by atoms with Gasteiger partial charge in [0.05, 0.1) is 24.2 Å². The molecule has 0 aliphatic carbocycles. The summed E-state index contributed by atoms with van der Waals surface area (Å²) in [5.74, 6) is 0.585. The van der Waals surface area contributed by atoms with E-state index in [9.17, 15) is 4.79 Å². The van der Waals surface area contributed by atoms with Crippen molar-refractivity contribution in [2.75, 3.05) is 18.5 Å². The van der Waals surface area contributed by atoms with Crippen LogP contribution in [0.5, 0.6) is 11.6 Å². The van der Waals surface area contributed by atoms with E-state index in [0.717, 1.165) is 5.69 Å². The highest BCUT2D eigenvalue weighted by Gasteiger charge is 2.14. The minimum atomic E-state index is -0.320. The van der Waals surface area contributed by atoms with E-state index in [1.165, 1.54) is 6.33 Å². The van der Waals surface area contributed by atoms with Gasteiger partial charge in [-0.2, -0.15) is 5.10 Å². The molecule has 0 spiro atoms. The first-order valence-corrected chi connectivity index (χ1v) is 9.15. The monoisotopic (exact) mass is 389 g/mol. The van der Waals surface area contributed by atoms with E-state index in [2.05, 4.69) is 20.4 Å². The van der Waals surface area contributed by atoms with E-state index in [4.69, 9.17) is 9.47 Å². The number of aromatic nitrogens is 4. The van der Waals surface area contributed by atoms with Gasteiger partial charge in [0.2, 0.25) is 5.88 Å². The SMILES string of the molecule is CCOc1ccccc1NC(=O)COc1ncnc2c1cnn2-c1ccccc1. The number of benzene rings is 2. The third kappa shape index (κ3) is 4.01. The van der Waals surface area contributed by atoms with Crippen molar-refractivity contribution < 1.29 is 14.3 Å². The van der Waals surface area contributed by atoms with E-state index < -0.39 is 0 Å². The first kappa shape index (κ1) is 18.4. The number of rotatable bonds is 7. The highest BCUT2D eigenvalue weighted by molar-refractivity contribution is 5.93. The summed E-state index contributed by atoms with van der Waals surface area (Å²) < 4.78 is 12.9. The lowest BCUT2D eigenvalue weighted by atomic mass is 10.3. The van der Waals surface area contributed by atoms with Gasteiger partial charge in [-0.3, -0.25) is 4.79 Å². The molecule has 0 aliphatic rings. The fourth-order valence-electron chi connectivity index (χ4n) is 2.87. The lowest BCUT2D eigenvalue weighted by molar-refractivity contribution is -0.118. The Bertz CT molecular complexity index is 1130. The zero-order valence-corrected chi connectivity index (χ0v) is 15.8. The van der Waals surface area contributed by atoms with Crippen LogP contribution in [0, 0.1) is 0 Å². The second-order valence-corrected chi connectivity index (χ2v) is 6.07. The van der Waals surface area contributed by atoms with E-state index in [1.807, 2.05) is 49.4 Å². The highest BCUT2D eigenvalue weighted by atomic mass is 16.5. The van der Waals surface area contributed by atoms with Gasteiger partial charge in [0.25, 0.3) is 5.91 Å². The molecule has 2 aromatic heterocycles. The average molecular weight is 389 g/mol. The molecule has 0 saturated heterocycles. The fraction of sp³-hybridized carbons (Fsp3) is 0.143. The van der Waals surface area contributed by atoms with Crippen LogP contribution in [0.2, 0.25) is 0 Å². The predicted octanol–water partition coefficient (Wildman–Crippen LogP) is 3.23. The zero-order chi connectivity index (χ0) is 20.1. The third-order valence-electron chi connectivity index (χ3n) is 4.13. The van der Waals surface area contributed by atoms with E-state index in [0.29, 0.717) is 35.0 Å². The van der Waals surface area contributed by atoms with Crippen LogP contribution in [0.25, 0.3) is 16.7 Å². The van der Waals surface area contributed by atoms with Crippen molar-refractivity contribution in [1.82, 2.24) is 19.7 Å². The maximum absolute atomic E-state index is 12.3. The van der Waals surface area contributed by atoms with Gasteiger partial charge < -0.3 is 14.8 Å². The van der Waals surface area contributed by atoms with Crippen LogP contribution in [0.1, 0.15) is 6.92 Å². The summed E-state index contributed by atoms with van der Waals surface area (Å²) in [6.07, 6.45) is 3.01. The third-order valence-corrected chi connectivity index (χ3v) is 4.13. The first-order chi connectivity index (χ1) is 14.3. The molecule has 1 amide bonds. The van der Waals surface area contributed by atoms with Gasteiger partial charge in [-0.05, 0) is 31.2 Å². The molecule has 2 heterocycles. The second kappa shape index (κ2) is 8.39. The first-order valence-electron chi connectivity index (χ1n) is 9.15. The second-order valence-electron chi connectivity index (χ2n) is 6.07. The normalized spacial score (nSPS) is 10.7. The lowest BCUT2D eigenvalue weighted by Gasteiger charge is -2.11. The summed E-state index contributed by atoms with van der Waals surface area (Å²) in [5, 5.41) is 7.79. The predicted molar refractivity (Wildman–Crippen MR) is 108 cm³/mol. The minimum Gasteiger partial charge on any atom is -0.492 e. The van der Waals surface area contributed by atoms with E-state index >= 15 is 0 Å². The van der Waals surface area contributed by atoms with Crippen molar-refractivity contribution in [3.05, 3.63) is 67.1 Å². The maximum Gasteiger partial charge on any atom is 0.262 e. The maximum atomic E-state index is 12.3. The molecule has 0 bridgehead atoms. The number of hydrogen-bond acceptors (Lipinski definition) is 6. The minimum absolute atomic E-state index is 0.205. The number of amides is 1. The van der Waals surface area contributed by atoms with Crippen LogP contribution < -0.4 is 14.8 Å². The Balaban J connectivity index is 1.49. The highest BCUT2D eigenvalue weighted by Crippen LogP contribution is 2.25. The van der Waals surface area contributed by atoms with E-state index in [1.54, 1.807) is 23.0 Å². The molecule has 8 nitrogen and oxygen atoms in total. The number of carbonyl (C=O) groups excluding carboxylic acids is 1. The summed E-state index contributed by atoms with van der Waals surface area (Å²) in [5.41, 5.74) is 2.06. The Kier molecular flexibility index (Phi) is 5.33. The van der Waals surface area contributed by atoms with Gasteiger partial charge in [0.15, 0.2) is 12.3 Å². The van der Waals surface area contributed by atoms with Gasteiger partial charge in [-0.15, -0.1) is 0 Å². The van der Waals surface area contributed by atoms with Crippen molar-refractivity contribution >= 4 is 22.6 Å². The quantitative estimate of drug-likeness (QED) is 0.522. The molecule has 0 aliphatic heterocycles. The van der Waals surface area contributed by atoms with Crippen molar-refractivity contribution in [1.29, 1.82) is 0 Å². The molecule has 4 aromatic rings. The summed E-state index contributed by atoms with van der Waals surface area (Å²) in [4.78, 5) is 20.8. The summed E-state index contributed by atoms with van der Waals surface area (Å²) in [6.45, 7) is 2.19. The molecule has 8 heteroatoms. The van der Waals surface area contributed by atoms with Crippen molar-refractivity contribution in [3.8, 4) is 17.3 Å². The number of carbonyl (C=O) groups is 1. The number of nitrogens with zero attached hydrogens (tertiary/aromatic N) is 4. The molecular formula is C21H19N5O3. The number of ether oxygens (including phenoxy) is 2. The Morgan fingerprint density at radius 1 is 1.03 bits per heavy atom. The molecule has 4 rings (SSSR count). The van der Waals surface area contributed by atoms with Gasteiger partial charge in [-0.1, -0.05) is 30.3 Å². The van der Waals surface area contributed by atoms with Crippen molar-refractivity contribution in [2.24, 2.45) is 0 Å². The Morgan fingerprint density at radius 3 is 2.66 bits per heavy atom. The summed E-state index contributed by atoms with van der Waals surface area (Å²) in [7, 11) is 0. The van der Waals surface area contributed by atoms with Gasteiger partial charge in [-0.25, -0.2) is 14.6 Å². The van der Waals surface area contributed by atoms with Gasteiger partial charge in [0.1, 0.15) is 17.5 Å². The molecule has 0 unspecified atom stereocenters. The molecular weight excluding hydrogens is 370 g/mol. The van der Waals surface area contributed by atoms with Gasteiger partial charge >= 0.3 is 0 Å². The van der Waals surface area contributed by atoms with Crippen LogP contribution in [-0.2, 0) is 4.79 Å². The largest absolute Gasteiger partial charge is 0.492 e. The topological polar surface area (TPSA) is 91.2 Å². The number of fused-ring (bicyclic) bond motifs is 1. The number of hydrogen-bond donors (Lipinski definition) is 1. The van der Waals surface area contributed by atoms with Crippen LogP contribution >= 0.6 is 0 Å². The number of anilines is 1. The number of nitrogens with one attached hydrogen (secondary N) is 1. The van der Waals surface area contributed by atoms with Crippen LogP contribution in [0.15, 0.2) is 67.1 Å².